The molecule has 0 aliphatic heterocycles. The molecule has 2 heterocycles. The molecule has 4 rings (SSSR count). The van der Waals surface area contributed by atoms with E-state index in [0.717, 1.165) is 24.2 Å². The molecular weight excluding hydrogens is 336 g/mol. The summed E-state index contributed by atoms with van der Waals surface area (Å²) in [5, 5.41) is 16.6. The van der Waals surface area contributed by atoms with Crippen LogP contribution < -0.4 is 10.6 Å². The number of anilines is 3. The van der Waals surface area contributed by atoms with Gasteiger partial charge in [-0.3, -0.25) is 0 Å². The molecule has 6 nitrogen and oxygen atoms in total. The fraction of sp³-hybridized carbons (Fsp3) is 0.0952. The molecule has 0 radical (unpaired) electrons. The molecule has 0 spiro atoms. The van der Waals surface area contributed by atoms with Gasteiger partial charge in [-0.2, -0.15) is 10.2 Å². The Morgan fingerprint density at radius 1 is 1.04 bits per heavy atom. The molecule has 0 saturated carbocycles. The maximum absolute atomic E-state index is 8.86. The number of benzene rings is 2. The van der Waals surface area contributed by atoms with Gasteiger partial charge in [0.2, 0.25) is 5.95 Å². The number of rotatable bonds is 6. The maximum atomic E-state index is 8.86. The van der Waals surface area contributed by atoms with Crippen LogP contribution in [0, 0.1) is 11.3 Å². The Morgan fingerprint density at radius 2 is 1.89 bits per heavy atom. The third-order valence-electron chi connectivity index (χ3n) is 4.29. The van der Waals surface area contributed by atoms with Gasteiger partial charge in [0.15, 0.2) is 0 Å². The van der Waals surface area contributed by atoms with Crippen LogP contribution in [0.2, 0.25) is 0 Å². The van der Waals surface area contributed by atoms with E-state index >= 15 is 0 Å². The zero-order valence-electron chi connectivity index (χ0n) is 14.6. The van der Waals surface area contributed by atoms with Crippen molar-refractivity contribution >= 4 is 28.4 Å². The largest absolute Gasteiger partial charge is 0.361 e. The van der Waals surface area contributed by atoms with Crippen LogP contribution in [0.15, 0.2) is 67.0 Å². The van der Waals surface area contributed by atoms with Crippen molar-refractivity contribution in [2.24, 2.45) is 0 Å². The van der Waals surface area contributed by atoms with Crippen LogP contribution in [-0.4, -0.2) is 21.5 Å². The highest BCUT2D eigenvalue weighted by Crippen LogP contribution is 2.19. The van der Waals surface area contributed by atoms with Crippen LogP contribution in [0.4, 0.5) is 17.5 Å². The van der Waals surface area contributed by atoms with Crippen LogP contribution in [0.3, 0.4) is 0 Å². The van der Waals surface area contributed by atoms with Crippen molar-refractivity contribution in [1.29, 1.82) is 5.26 Å². The lowest BCUT2D eigenvalue weighted by Gasteiger charge is -2.08. The first-order valence-electron chi connectivity index (χ1n) is 8.71. The van der Waals surface area contributed by atoms with Gasteiger partial charge in [0.1, 0.15) is 5.82 Å². The monoisotopic (exact) mass is 354 g/mol. The Morgan fingerprint density at radius 3 is 2.74 bits per heavy atom. The van der Waals surface area contributed by atoms with Crippen LogP contribution in [-0.2, 0) is 6.42 Å². The molecule has 2 aromatic heterocycles. The average Bonchev–Trinajstić information content (AvgIpc) is 3.12. The molecule has 0 unspecified atom stereocenters. The fourth-order valence-corrected chi connectivity index (χ4v) is 2.94. The summed E-state index contributed by atoms with van der Waals surface area (Å²) in [4.78, 5) is 12.1. The van der Waals surface area contributed by atoms with Crippen molar-refractivity contribution in [3.05, 3.63) is 78.1 Å². The highest BCUT2D eigenvalue weighted by molar-refractivity contribution is 5.83. The molecule has 3 N–H and O–H groups in total. The summed E-state index contributed by atoms with van der Waals surface area (Å²) in [5.74, 6) is 1.28. The summed E-state index contributed by atoms with van der Waals surface area (Å²) >= 11 is 0. The molecule has 6 heteroatoms. The van der Waals surface area contributed by atoms with Crippen molar-refractivity contribution in [2.45, 2.75) is 6.42 Å². The van der Waals surface area contributed by atoms with Gasteiger partial charge in [0, 0.05) is 35.5 Å². The van der Waals surface area contributed by atoms with E-state index in [1.807, 2.05) is 24.3 Å². The van der Waals surface area contributed by atoms with E-state index < -0.39 is 0 Å². The molecule has 0 aliphatic rings. The van der Waals surface area contributed by atoms with Gasteiger partial charge >= 0.3 is 0 Å². The number of H-pyrrole nitrogens is 1. The summed E-state index contributed by atoms with van der Waals surface area (Å²) in [6, 6.07) is 19.4. The first-order chi connectivity index (χ1) is 13.3. The summed E-state index contributed by atoms with van der Waals surface area (Å²) in [6.07, 6.45) is 4.64. The molecule has 0 atom stereocenters. The van der Waals surface area contributed by atoms with E-state index in [0.29, 0.717) is 17.3 Å². The van der Waals surface area contributed by atoms with E-state index in [1.165, 1.54) is 10.9 Å². The van der Waals surface area contributed by atoms with Gasteiger partial charge in [0.05, 0.1) is 11.6 Å². The normalized spacial score (nSPS) is 10.5. The molecule has 0 fully saturated rings. The minimum Gasteiger partial charge on any atom is -0.361 e. The lowest BCUT2D eigenvalue weighted by Crippen LogP contribution is -2.08. The lowest BCUT2D eigenvalue weighted by molar-refractivity contribution is 0.991. The maximum Gasteiger partial charge on any atom is 0.224 e. The van der Waals surface area contributed by atoms with E-state index in [9.17, 15) is 0 Å². The zero-order valence-corrected chi connectivity index (χ0v) is 14.6. The molecule has 27 heavy (non-hydrogen) atoms. The smallest absolute Gasteiger partial charge is 0.224 e. The fourth-order valence-electron chi connectivity index (χ4n) is 2.94. The Hall–Kier alpha value is -3.85. The first kappa shape index (κ1) is 16.6. The third kappa shape index (κ3) is 3.88. The second kappa shape index (κ2) is 7.58. The van der Waals surface area contributed by atoms with Crippen molar-refractivity contribution in [3.63, 3.8) is 0 Å². The molecule has 0 saturated heterocycles. The molecule has 2 aromatic carbocycles. The van der Waals surface area contributed by atoms with Gasteiger partial charge in [0.25, 0.3) is 0 Å². The molecule has 0 amide bonds. The van der Waals surface area contributed by atoms with Crippen LogP contribution in [0.1, 0.15) is 11.1 Å². The van der Waals surface area contributed by atoms with Crippen molar-refractivity contribution in [1.82, 2.24) is 15.0 Å². The summed E-state index contributed by atoms with van der Waals surface area (Å²) in [7, 11) is 0. The Bertz CT molecular complexity index is 1090. The molecule has 132 valence electrons. The van der Waals surface area contributed by atoms with Gasteiger partial charge in [-0.05, 0) is 48.4 Å². The van der Waals surface area contributed by atoms with E-state index in [2.05, 4.69) is 56.1 Å². The quantitative estimate of drug-likeness (QED) is 0.482. The number of hydrogen-bond donors (Lipinski definition) is 3. The standard InChI is InChI=1S/C21H18N6/c22-13-15-5-7-17(8-6-15)26-20-10-12-24-21(27-20)23-11-9-16-14-25-19-4-2-1-3-18(16)19/h1-8,10,12,14,25H,9,11H2,(H2,23,24,26,27). The first-order valence-corrected chi connectivity index (χ1v) is 8.71. The SMILES string of the molecule is N#Cc1ccc(Nc2ccnc(NCCc3c[nH]c4ccccc34)n2)cc1. The van der Waals surface area contributed by atoms with Crippen molar-refractivity contribution < 1.29 is 0 Å². The minimum atomic E-state index is 0.577. The van der Waals surface area contributed by atoms with E-state index in [4.69, 9.17) is 5.26 Å². The number of hydrogen-bond acceptors (Lipinski definition) is 5. The molecule has 0 bridgehead atoms. The lowest BCUT2D eigenvalue weighted by atomic mass is 10.1. The van der Waals surface area contributed by atoms with Crippen molar-refractivity contribution in [2.75, 3.05) is 17.2 Å². The molecule has 4 aromatic rings. The predicted octanol–water partition coefficient (Wildman–Crippen LogP) is 4.23. The summed E-state index contributed by atoms with van der Waals surface area (Å²) in [5.41, 5.74) is 3.92. The van der Waals surface area contributed by atoms with E-state index in [1.54, 1.807) is 18.3 Å². The minimum absolute atomic E-state index is 0.577. The Kier molecular flexibility index (Phi) is 4.66. The summed E-state index contributed by atoms with van der Waals surface area (Å²) in [6.45, 7) is 0.738. The third-order valence-corrected chi connectivity index (χ3v) is 4.29. The number of fused-ring (bicyclic) bond motifs is 1. The predicted molar refractivity (Wildman–Crippen MR) is 107 cm³/mol. The molecule has 0 aliphatic carbocycles. The number of nitrogens with one attached hydrogen (secondary N) is 3. The average molecular weight is 354 g/mol. The Balaban J connectivity index is 1.38. The zero-order chi connectivity index (χ0) is 18.5. The topological polar surface area (TPSA) is 89.4 Å². The number of aromatic nitrogens is 3. The van der Waals surface area contributed by atoms with Gasteiger partial charge < -0.3 is 15.6 Å². The van der Waals surface area contributed by atoms with Gasteiger partial charge in [-0.25, -0.2) is 4.98 Å². The van der Waals surface area contributed by atoms with Crippen LogP contribution >= 0.6 is 0 Å². The second-order valence-electron chi connectivity index (χ2n) is 6.12. The van der Waals surface area contributed by atoms with Crippen molar-refractivity contribution in [3.8, 4) is 6.07 Å². The number of aromatic amines is 1. The Labute approximate surface area is 156 Å². The van der Waals surface area contributed by atoms with Gasteiger partial charge in [-0.15, -0.1) is 0 Å². The van der Waals surface area contributed by atoms with Crippen LogP contribution in [0.25, 0.3) is 10.9 Å². The van der Waals surface area contributed by atoms with Crippen LogP contribution in [0.5, 0.6) is 0 Å². The number of nitrogens with zero attached hydrogens (tertiary/aromatic N) is 3. The second-order valence-corrected chi connectivity index (χ2v) is 6.12. The molecular formula is C21H18N6. The number of nitriles is 1. The number of para-hydroxylation sites is 1. The highest BCUT2D eigenvalue weighted by Gasteiger charge is 2.04. The van der Waals surface area contributed by atoms with E-state index in [-0.39, 0.29) is 0 Å². The highest BCUT2D eigenvalue weighted by atomic mass is 15.1. The summed E-state index contributed by atoms with van der Waals surface area (Å²) < 4.78 is 0. The van der Waals surface area contributed by atoms with Gasteiger partial charge in [-0.1, -0.05) is 18.2 Å².